The number of hydrogen-bond acceptors (Lipinski definition) is 5. The Bertz CT molecular complexity index is 1450. The van der Waals surface area contributed by atoms with Crippen molar-refractivity contribution in [3.8, 4) is 11.1 Å². The minimum Gasteiger partial charge on any atom is -0.475 e. The van der Waals surface area contributed by atoms with Crippen LogP contribution in [0.3, 0.4) is 0 Å². The second-order valence-corrected chi connectivity index (χ2v) is 9.38. The van der Waals surface area contributed by atoms with E-state index in [0.29, 0.717) is 0 Å². The number of carboxylic acids is 1. The van der Waals surface area contributed by atoms with Crippen LogP contribution in [0, 0.1) is 6.92 Å². The highest BCUT2D eigenvalue weighted by Crippen LogP contribution is 2.38. The van der Waals surface area contributed by atoms with Crippen molar-refractivity contribution in [2.24, 2.45) is 0 Å². The Morgan fingerprint density at radius 3 is 1.89 bits per heavy atom. The van der Waals surface area contributed by atoms with E-state index in [4.69, 9.17) is 14.9 Å². The lowest BCUT2D eigenvalue weighted by atomic mass is 10.0. The number of fused-ring (bicyclic) bond motifs is 1. The van der Waals surface area contributed by atoms with Gasteiger partial charge in [-0.25, -0.2) is 14.8 Å². The number of rotatable bonds is 6. The largest absolute Gasteiger partial charge is 0.490 e. The van der Waals surface area contributed by atoms with Gasteiger partial charge in [0.1, 0.15) is 17.0 Å². The molecule has 0 unspecified atom stereocenters. The second kappa shape index (κ2) is 11.9. The monoisotopic (exact) mass is 535 g/mol. The molecule has 5 nitrogen and oxygen atoms in total. The number of alkyl halides is 3. The molecule has 9 heteroatoms. The van der Waals surface area contributed by atoms with E-state index in [9.17, 15) is 13.2 Å². The van der Waals surface area contributed by atoms with Crippen LogP contribution in [-0.4, -0.2) is 27.2 Å². The van der Waals surface area contributed by atoms with Crippen molar-refractivity contribution in [3.05, 3.63) is 113 Å². The standard InChI is InChI=1S/C27H23N3S.C2HF3O2/c1-20-12-14-23(15-13-20)24-18-31-27-25(24)26(28-19-29-27)30(16-21-8-4-2-5-9-21)17-22-10-6-3-7-11-22;3-2(4,5)1(6)7/h2-15,18-19H,16-17H2,1H3;(H,6,7). The van der Waals surface area contributed by atoms with Gasteiger partial charge in [-0.2, -0.15) is 13.2 Å². The number of carbonyl (C=O) groups is 1. The molecule has 0 radical (unpaired) electrons. The molecule has 0 saturated carbocycles. The fourth-order valence-electron chi connectivity index (χ4n) is 3.86. The Kier molecular flexibility index (Phi) is 8.38. The van der Waals surface area contributed by atoms with Gasteiger partial charge in [-0.3, -0.25) is 0 Å². The second-order valence-electron chi connectivity index (χ2n) is 8.52. The van der Waals surface area contributed by atoms with Crippen LogP contribution in [0.5, 0.6) is 0 Å². The van der Waals surface area contributed by atoms with E-state index in [1.54, 1.807) is 17.7 Å². The Hall–Kier alpha value is -4.24. The smallest absolute Gasteiger partial charge is 0.475 e. The maximum atomic E-state index is 10.6. The van der Waals surface area contributed by atoms with Crippen LogP contribution in [0.2, 0.25) is 0 Å². The average Bonchev–Trinajstić information content (AvgIpc) is 3.34. The maximum Gasteiger partial charge on any atom is 0.490 e. The highest BCUT2D eigenvalue weighted by atomic mass is 32.1. The summed E-state index contributed by atoms with van der Waals surface area (Å²) >= 11 is 1.68. The van der Waals surface area contributed by atoms with Crippen LogP contribution in [0.4, 0.5) is 19.0 Å². The normalized spacial score (nSPS) is 11.1. The minimum atomic E-state index is -5.08. The molecule has 0 aliphatic rings. The molecule has 0 spiro atoms. The van der Waals surface area contributed by atoms with E-state index < -0.39 is 12.1 Å². The van der Waals surface area contributed by atoms with Crippen molar-refractivity contribution in [2.75, 3.05) is 4.90 Å². The van der Waals surface area contributed by atoms with Gasteiger partial charge in [0.15, 0.2) is 0 Å². The van der Waals surface area contributed by atoms with Gasteiger partial charge < -0.3 is 10.0 Å². The fourth-order valence-corrected chi connectivity index (χ4v) is 4.77. The van der Waals surface area contributed by atoms with Gasteiger partial charge in [0.05, 0.1) is 5.39 Å². The molecular formula is C29H24F3N3O2S. The summed E-state index contributed by atoms with van der Waals surface area (Å²) in [6.07, 6.45) is -3.39. The topological polar surface area (TPSA) is 66.3 Å². The Morgan fingerprint density at radius 2 is 1.39 bits per heavy atom. The first-order valence-corrected chi connectivity index (χ1v) is 12.5. The van der Waals surface area contributed by atoms with Crippen molar-refractivity contribution in [2.45, 2.75) is 26.2 Å². The molecule has 0 atom stereocenters. The van der Waals surface area contributed by atoms with Crippen LogP contribution in [0.1, 0.15) is 16.7 Å². The number of carboxylic acid groups (broad SMARTS) is 1. The van der Waals surface area contributed by atoms with E-state index in [1.165, 1.54) is 27.8 Å². The number of aliphatic carboxylic acids is 1. The summed E-state index contributed by atoms with van der Waals surface area (Å²) in [6.45, 7) is 3.68. The van der Waals surface area contributed by atoms with E-state index in [2.05, 4.69) is 107 Å². The Morgan fingerprint density at radius 1 is 0.868 bits per heavy atom. The van der Waals surface area contributed by atoms with Gasteiger partial charge in [-0.05, 0) is 23.6 Å². The first kappa shape index (κ1) is 26.8. The number of nitrogens with zero attached hydrogens (tertiary/aromatic N) is 3. The fraction of sp³-hybridized carbons (Fsp3) is 0.138. The molecule has 1 N–H and O–H groups in total. The number of hydrogen-bond donors (Lipinski definition) is 1. The number of thiophene rings is 1. The summed E-state index contributed by atoms with van der Waals surface area (Å²) < 4.78 is 31.7. The Labute approximate surface area is 221 Å². The highest BCUT2D eigenvalue weighted by Gasteiger charge is 2.38. The molecule has 2 aromatic heterocycles. The zero-order valence-electron chi connectivity index (χ0n) is 20.4. The number of aryl methyl sites for hydroxylation is 1. The summed E-state index contributed by atoms with van der Waals surface area (Å²) in [5, 5.41) is 10.5. The molecule has 0 bridgehead atoms. The van der Waals surface area contributed by atoms with Crippen LogP contribution in [-0.2, 0) is 17.9 Å². The molecule has 5 aromatic rings. The molecule has 0 aliphatic heterocycles. The lowest BCUT2D eigenvalue weighted by molar-refractivity contribution is -0.192. The number of benzene rings is 3. The third-order valence-corrected chi connectivity index (χ3v) is 6.57. The van der Waals surface area contributed by atoms with Gasteiger partial charge in [-0.1, -0.05) is 90.5 Å². The van der Waals surface area contributed by atoms with Gasteiger partial charge in [0.25, 0.3) is 0 Å². The number of anilines is 1. The number of aromatic nitrogens is 2. The molecule has 0 saturated heterocycles. The van der Waals surface area contributed by atoms with Crippen molar-refractivity contribution in [1.29, 1.82) is 0 Å². The van der Waals surface area contributed by atoms with Crippen molar-refractivity contribution >= 4 is 33.3 Å². The third kappa shape index (κ3) is 6.74. The molecule has 0 fully saturated rings. The summed E-state index contributed by atoms with van der Waals surface area (Å²) in [4.78, 5) is 21.7. The molecule has 0 aliphatic carbocycles. The highest BCUT2D eigenvalue weighted by molar-refractivity contribution is 7.17. The average molecular weight is 536 g/mol. The zero-order chi connectivity index (χ0) is 27.1. The van der Waals surface area contributed by atoms with Crippen LogP contribution < -0.4 is 4.90 Å². The predicted molar refractivity (Wildman–Crippen MR) is 144 cm³/mol. The van der Waals surface area contributed by atoms with Gasteiger partial charge in [0, 0.05) is 24.0 Å². The van der Waals surface area contributed by atoms with E-state index in [1.807, 2.05) is 0 Å². The van der Waals surface area contributed by atoms with E-state index in [-0.39, 0.29) is 0 Å². The van der Waals surface area contributed by atoms with Gasteiger partial charge in [-0.15, -0.1) is 11.3 Å². The van der Waals surface area contributed by atoms with Crippen molar-refractivity contribution in [1.82, 2.24) is 9.97 Å². The molecular weight excluding hydrogens is 511 g/mol. The minimum absolute atomic E-state index is 0.783. The van der Waals surface area contributed by atoms with Crippen LogP contribution in [0.25, 0.3) is 21.3 Å². The molecule has 3 aromatic carbocycles. The molecule has 38 heavy (non-hydrogen) atoms. The zero-order valence-corrected chi connectivity index (χ0v) is 21.2. The van der Waals surface area contributed by atoms with Crippen LogP contribution >= 0.6 is 11.3 Å². The predicted octanol–water partition coefficient (Wildman–Crippen LogP) is 7.51. The molecule has 2 heterocycles. The summed E-state index contributed by atoms with van der Waals surface area (Å²) in [5.74, 6) is -1.78. The summed E-state index contributed by atoms with van der Waals surface area (Å²) in [7, 11) is 0. The maximum absolute atomic E-state index is 10.6. The van der Waals surface area contributed by atoms with Gasteiger partial charge >= 0.3 is 12.1 Å². The molecule has 0 amide bonds. The first-order valence-electron chi connectivity index (χ1n) is 11.6. The third-order valence-electron chi connectivity index (χ3n) is 5.69. The van der Waals surface area contributed by atoms with E-state index in [0.717, 1.165) is 29.1 Å². The van der Waals surface area contributed by atoms with Crippen LogP contribution in [0.15, 0.2) is 96.6 Å². The van der Waals surface area contributed by atoms with Crippen molar-refractivity contribution in [3.63, 3.8) is 0 Å². The summed E-state index contributed by atoms with van der Waals surface area (Å²) in [5.41, 5.74) is 6.18. The van der Waals surface area contributed by atoms with E-state index >= 15 is 0 Å². The summed E-state index contributed by atoms with van der Waals surface area (Å²) in [6, 6.07) is 29.9. The lowest BCUT2D eigenvalue weighted by Crippen LogP contribution is -2.23. The SMILES string of the molecule is Cc1ccc(-c2csc3ncnc(N(Cc4ccccc4)Cc4ccccc4)c23)cc1.O=C(O)C(F)(F)F. The Balaban J connectivity index is 0.000000426. The number of halogens is 3. The first-order chi connectivity index (χ1) is 18.2. The molecule has 5 rings (SSSR count). The lowest BCUT2D eigenvalue weighted by Gasteiger charge is -2.25. The quantitative estimate of drug-likeness (QED) is 0.244. The van der Waals surface area contributed by atoms with Gasteiger partial charge in [0.2, 0.25) is 0 Å². The molecule has 194 valence electrons. The van der Waals surface area contributed by atoms with Crippen molar-refractivity contribution < 1.29 is 23.1 Å².